The van der Waals surface area contributed by atoms with Crippen LogP contribution >= 0.6 is 0 Å². The molecule has 6 nitrogen and oxygen atoms in total. The van der Waals surface area contributed by atoms with Gasteiger partial charge in [0, 0.05) is 106 Å². The van der Waals surface area contributed by atoms with Crippen molar-refractivity contribution in [2.24, 2.45) is 0 Å². The first-order valence-electron chi connectivity index (χ1n) is 46.0. The quantitative estimate of drug-likeness (QED) is 0.0631. The Hall–Kier alpha value is -17.8. The van der Waals surface area contributed by atoms with E-state index in [1.54, 1.807) is 0 Å². The van der Waals surface area contributed by atoms with Crippen molar-refractivity contribution in [3.05, 3.63) is 522 Å². The van der Waals surface area contributed by atoms with Gasteiger partial charge >= 0.3 is 0 Å². The molecule has 2 heterocycles. The molecule has 24 aromatic carbocycles. The van der Waals surface area contributed by atoms with Crippen molar-refractivity contribution in [2.45, 2.75) is 0 Å². The number of nitrogens with zero attached hydrogens (tertiary/aromatic N) is 6. The highest BCUT2D eigenvalue weighted by Crippen LogP contribution is 2.54. The number of hydrogen-bond acceptors (Lipinski definition) is 4. The van der Waals surface area contributed by atoms with E-state index in [9.17, 15) is 0 Å². The number of rotatable bonds is 18. The first kappa shape index (κ1) is 78.4. The molecule has 0 unspecified atom stereocenters. The summed E-state index contributed by atoms with van der Waals surface area (Å²) in [6.45, 7) is 0. The average Bonchev–Trinajstić information content (AvgIpc) is 1.53. The Morgan fingerprint density at radius 2 is 0.403 bits per heavy atom. The van der Waals surface area contributed by atoms with Gasteiger partial charge in [0.15, 0.2) is 0 Å². The highest BCUT2D eigenvalue weighted by Gasteiger charge is 2.29. The van der Waals surface area contributed by atoms with Crippen LogP contribution in [0.5, 0.6) is 0 Å². The van der Waals surface area contributed by atoms with Crippen LogP contribution in [0.3, 0.4) is 0 Å². The first-order chi connectivity index (χ1) is 66.5. The third kappa shape index (κ3) is 13.6. The van der Waals surface area contributed by atoms with Crippen molar-refractivity contribution in [1.82, 2.24) is 9.13 Å². The van der Waals surface area contributed by atoms with Crippen LogP contribution in [0, 0.1) is 0 Å². The maximum absolute atomic E-state index is 2.49. The number of anilines is 12. The Kier molecular flexibility index (Phi) is 19.5. The Bertz CT molecular complexity index is 8330. The van der Waals surface area contributed by atoms with Gasteiger partial charge in [-0.25, -0.2) is 0 Å². The van der Waals surface area contributed by atoms with Crippen LogP contribution in [-0.2, 0) is 0 Å². The van der Waals surface area contributed by atoms with Crippen molar-refractivity contribution in [3.8, 4) is 55.9 Å². The number of aromatic nitrogens is 2. The maximum Gasteiger partial charge on any atom is 0.0618 e. The van der Waals surface area contributed by atoms with Gasteiger partial charge < -0.3 is 28.7 Å². The molecule has 0 amide bonds. The molecule has 26 rings (SSSR count). The summed E-state index contributed by atoms with van der Waals surface area (Å²) in [7, 11) is 0. The summed E-state index contributed by atoms with van der Waals surface area (Å²) in [6, 6.07) is 190. The minimum Gasteiger partial charge on any atom is -0.311 e. The Balaban J connectivity index is 0.000000143. The maximum atomic E-state index is 2.49. The standard InChI is InChI=1S/2C64H43N3/c1-6-20-48(21-7-1)65(49-22-8-2-9-23-49)59-36-18-32-55-53(30-16-34-57(55)59)46-40-44-38-39-45-41-47(43-62-64(45)63(44)61(42-46)67(62)52-28-14-5-15-29-52)54-31-17-35-58-56(54)33-19-37-60(58)66(50-24-10-3-11-25-50)51-26-12-4-13-27-51;1-6-20-49(21-7-1)65(50-22-8-2-9-23-50)54-38-36-44(37-39-54)47-40-45-34-35-46-41-48(43-60-63(46)62(45)59(42-47)67(60)53-28-14-5-15-29-53)61-55-30-16-18-32-57(55)64(58-33-19-17-31-56(58)61)66(51-24-10-3-11-25-51)52-26-12-4-13-27-52/h2*1-43H. The zero-order chi connectivity index (χ0) is 88.5. The van der Waals surface area contributed by atoms with Crippen molar-refractivity contribution in [1.29, 1.82) is 0 Å². The third-order valence-electron chi connectivity index (χ3n) is 26.9. The number of para-hydroxylation sites is 10. The van der Waals surface area contributed by atoms with Crippen molar-refractivity contribution in [2.75, 3.05) is 19.6 Å². The van der Waals surface area contributed by atoms with Gasteiger partial charge in [0.05, 0.1) is 39.1 Å². The largest absolute Gasteiger partial charge is 0.311 e. The van der Waals surface area contributed by atoms with E-state index in [-0.39, 0.29) is 0 Å². The lowest BCUT2D eigenvalue weighted by Gasteiger charge is -2.29. The molecule has 628 valence electrons. The van der Waals surface area contributed by atoms with Crippen molar-refractivity contribution < 1.29 is 0 Å². The SMILES string of the molecule is c1ccc(N(c2ccccc2)c2ccc(-c3cc4ccc5cc(-c6c7ccccc7c(N(c7ccccc7)c7ccccc7)c7ccccc67)cc6c5c4c(c3)n6-c3ccccc3)cc2)cc1.c1ccc(N(c2ccccc2)c2cccc3c(-c4cc5ccc6cc(-c7cccc8c(N(c9ccccc9)c9ccccc9)cccc78)cc7c6c5c(c4)n7-c4ccccc4)cccc23)cc1. The molecule has 0 saturated carbocycles. The van der Waals surface area contributed by atoms with E-state index in [2.05, 4.69) is 550 Å². The average molecular weight is 1710 g/mol. The summed E-state index contributed by atoms with van der Waals surface area (Å²) in [5, 5.41) is 19.7. The molecule has 0 fully saturated rings. The zero-order valence-electron chi connectivity index (χ0n) is 73.3. The van der Waals surface area contributed by atoms with Crippen LogP contribution in [-0.4, -0.2) is 9.13 Å². The van der Waals surface area contributed by atoms with Gasteiger partial charge in [0.1, 0.15) is 0 Å². The lowest BCUT2D eigenvalue weighted by Crippen LogP contribution is -2.11. The minimum absolute atomic E-state index is 1.11. The summed E-state index contributed by atoms with van der Waals surface area (Å²) in [5.41, 5.74) is 30.2. The van der Waals surface area contributed by atoms with E-state index in [0.29, 0.717) is 0 Å². The van der Waals surface area contributed by atoms with Gasteiger partial charge in [-0.1, -0.05) is 328 Å². The Morgan fingerprint density at radius 1 is 0.149 bits per heavy atom. The van der Waals surface area contributed by atoms with E-state index in [1.165, 1.54) is 158 Å². The molecule has 134 heavy (non-hydrogen) atoms. The first-order valence-corrected chi connectivity index (χ1v) is 46.0. The highest BCUT2D eigenvalue weighted by molar-refractivity contribution is 6.30. The van der Waals surface area contributed by atoms with E-state index in [1.807, 2.05) is 0 Å². The van der Waals surface area contributed by atoms with Crippen LogP contribution in [0.2, 0.25) is 0 Å². The molecule has 0 aliphatic carbocycles. The smallest absolute Gasteiger partial charge is 0.0618 e. The lowest BCUT2D eigenvalue weighted by atomic mass is 9.88. The molecular weight excluding hydrogens is 1620 g/mol. The fourth-order valence-electron chi connectivity index (χ4n) is 21.1. The predicted molar refractivity (Wildman–Crippen MR) is 569 cm³/mol. The zero-order valence-corrected chi connectivity index (χ0v) is 73.3. The van der Waals surface area contributed by atoms with Crippen LogP contribution in [0.4, 0.5) is 68.2 Å². The predicted octanol–water partition coefficient (Wildman–Crippen LogP) is 35.9. The second-order valence-corrected chi connectivity index (χ2v) is 34.6. The van der Waals surface area contributed by atoms with Gasteiger partial charge in [0.25, 0.3) is 0 Å². The van der Waals surface area contributed by atoms with E-state index < -0.39 is 0 Å². The van der Waals surface area contributed by atoms with E-state index >= 15 is 0 Å². The fourth-order valence-corrected chi connectivity index (χ4v) is 21.1. The molecule has 0 spiro atoms. The Morgan fingerprint density at radius 3 is 0.754 bits per heavy atom. The lowest BCUT2D eigenvalue weighted by molar-refractivity contribution is 1.18. The summed E-state index contributed by atoms with van der Waals surface area (Å²) in [6.07, 6.45) is 0. The number of benzene rings is 24. The molecule has 0 aliphatic heterocycles. The van der Waals surface area contributed by atoms with Gasteiger partial charge in [-0.2, -0.15) is 0 Å². The molecule has 26 aromatic rings. The van der Waals surface area contributed by atoms with Crippen molar-refractivity contribution in [3.63, 3.8) is 0 Å². The van der Waals surface area contributed by atoms with E-state index in [0.717, 1.165) is 73.9 Å². The number of fused-ring (bicyclic) bond motifs is 4. The molecule has 2 aromatic heterocycles. The second-order valence-electron chi connectivity index (χ2n) is 34.6. The number of hydrogen-bond donors (Lipinski definition) is 0. The fraction of sp³-hybridized carbons (Fsp3) is 0. The Labute approximate surface area is 777 Å². The van der Waals surface area contributed by atoms with Crippen LogP contribution in [0.25, 0.3) is 164 Å². The van der Waals surface area contributed by atoms with Crippen LogP contribution in [0.1, 0.15) is 0 Å². The molecule has 0 N–H and O–H groups in total. The topological polar surface area (TPSA) is 22.8 Å². The summed E-state index contributed by atoms with van der Waals surface area (Å²) < 4.78 is 4.98. The second kappa shape index (κ2) is 33.3. The molecule has 0 atom stereocenters. The van der Waals surface area contributed by atoms with Crippen LogP contribution < -0.4 is 19.6 Å². The molecular formula is C128H86N6. The molecule has 0 saturated heterocycles. The third-order valence-corrected chi connectivity index (χ3v) is 26.9. The molecule has 0 bridgehead atoms. The minimum atomic E-state index is 1.11. The van der Waals surface area contributed by atoms with Gasteiger partial charge in [-0.15, -0.1) is 0 Å². The van der Waals surface area contributed by atoms with Gasteiger partial charge in [-0.3, -0.25) is 0 Å². The van der Waals surface area contributed by atoms with E-state index in [4.69, 9.17) is 0 Å². The summed E-state index contributed by atoms with van der Waals surface area (Å²) in [5.74, 6) is 0. The highest BCUT2D eigenvalue weighted by atomic mass is 15.2. The summed E-state index contributed by atoms with van der Waals surface area (Å²) in [4.78, 5) is 9.47. The molecule has 6 heteroatoms. The monoisotopic (exact) mass is 1710 g/mol. The molecule has 0 aliphatic rings. The summed E-state index contributed by atoms with van der Waals surface area (Å²) >= 11 is 0. The van der Waals surface area contributed by atoms with Crippen molar-refractivity contribution >= 4 is 176 Å². The molecule has 0 radical (unpaired) electrons. The van der Waals surface area contributed by atoms with Gasteiger partial charge in [0.2, 0.25) is 0 Å². The van der Waals surface area contributed by atoms with Gasteiger partial charge in [-0.05, 0) is 282 Å². The van der Waals surface area contributed by atoms with Crippen LogP contribution in [0.15, 0.2) is 522 Å². The normalized spacial score (nSPS) is 11.6.